The predicted octanol–water partition coefficient (Wildman–Crippen LogP) is 3.70. The van der Waals surface area contributed by atoms with Crippen LogP contribution in [0.1, 0.15) is 28.4 Å². The van der Waals surface area contributed by atoms with Gasteiger partial charge in [0.2, 0.25) is 0 Å². The number of nitrogens with one attached hydrogen (secondary N) is 2. The molecule has 3 aromatic carbocycles. The molecule has 3 aromatic rings. The molecular weight excluding hydrogens is 422 g/mol. The van der Waals surface area contributed by atoms with Gasteiger partial charge in [-0.25, -0.2) is 10.2 Å². The molecule has 0 aliphatic rings. The van der Waals surface area contributed by atoms with Crippen molar-refractivity contribution in [2.45, 2.75) is 13.8 Å². The Morgan fingerprint density at radius 2 is 1.52 bits per heavy atom. The minimum atomic E-state index is -0.945. The van der Waals surface area contributed by atoms with Crippen molar-refractivity contribution in [3.8, 4) is 11.5 Å². The fourth-order valence-electron chi connectivity index (χ4n) is 2.81. The molecule has 2 amide bonds. The number of aryl methyl sites for hydroxylation is 1. The van der Waals surface area contributed by atoms with E-state index in [1.54, 1.807) is 67.6 Å². The van der Waals surface area contributed by atoms with E-state index in [0.29, 0.717) is 28.3 Å². The van der Waals surface area contributed by atoms with Gasteiger partial charge in [-0.3, -0.25) is 9.59 Å². The molecule has 0 bridgehead atoms. The van der Waals surface area contributed by atoms with Crippen molar-refractivity contribution in [3.63, 3.8) is 0 Å². The first-order valence-electron chi connectivity index (χ1n) is 10.1. The van der Waals surface area contributed by atoms with Crippen LogP contribution in [0.25, 0.3) is 0 Å². The van der Waals surface area contributed by atoms with Crippen LogP contribution in [0.2, 0.25) is 0 Å². The summed E-state index contributed by atoms with van der Waals surface area (Å²) >= 11 is 0. The summed E-state index contributed by atoms with van der Waals surface area (Å²) in [6, 6.07) is 20.3. The highest BCUT2D eigenvalue weighted by Gasteiger charge is 2.16. The van der Waals surface area contributed by atoms with Crippen molar-refractivity contribution in [3.05, 3.63) is 89.5 Å². The zero-order valence-electron chi connectivity index (χ0n) is 18.4. The molecule has 0 saturated heterocycles. The SMILES string of the molecule is COc1ccc(NC(=O)C(=O)N/N=C(\C)c2ccccc2OC(=O)c2ccc(C)cc2)cc1. The molecule has 0 fully saturated rings. The van der Waals surface area contributed by atoms with Crippen molar-refractivity contribution in [1.29, 1.82) is 0 Å². The van der Waals surface area contributed by atoms with Crippen LogP contribution in [0.5, 0.6) is 11.5 Å². The number of ether oxygens (including phenoxy) is 2. The van der Waals surface area contributed by atoms with Crippen molar-refractivity contribution in [2.24, 2.45) is 5.10 Å². The molecule has 2 N–H and O–H groups in total. The van der Waals surface area contributed by atoms with Crippen molar-refractivity contribution in [1.82, 2.24) is 5.43 Å². The molecule has 8 heteroatoms. The minimum absolute atomic E-state index is 0.279. The monoisotopic (exact) mass is 445 g/mol. The molecule has 168 valence electrons. The molecular formula is C25H23N3O5. The first kappa shape index (κ1) is 23.2. The Morgan fingerprint density at radius 1 is 0.848 bits per heavy atom. The third kappa shape index (κ3) is 6.27. The van der Waals surface area contributed by atoms with E-state index >= 15 is 0 Å². The number of rotatable bonds is 6. The fraction of sp³-hybridized carbons (Fsp3) is 0.120. The highest BCUT2D eigenvalue weighted by atomic mass is 16.5. The van der Waals surface area contributed by atoms with Gasteiger partial charge < -0.3 is 14.8 Å². The highest BCUT2D eigenvalue weighted by molar-refractivity contribution is 6.39. The molecule has 33 heavy (non-hydrogen) atoms. The first-order valence-corrected chi connectivity index (χ1v) is 10.1. The maximum absolute atomic E-state index is 12.5. The lowest BCUT2D eigenvalue weighted by Gasteiger charge is -2.10. The number of hydrazone groups is 1. The molecule has 0 atom stereocenters. The second-order valence-corrected chi connectivity index (χ2v) is 7.07. The zero-order valence-corrected chi connectivity index (χ0v) is 18.4. The van der Waals surface area contributed by atoms with Gasteiger partial charge in [0, 0.05) is 11.3 Å². The van der Waals surface area contributed by atoms with E-state index in [9.17, 15) is 14.4 Å². The molecule has 0 spiro atoms. The summed E-state index contributed by atoms with van der Waals surface area (Å²) in [6.07, 6.45) is 0. The Balaban J connectivity index is 1.66. The standard InChI is InChI=1S/C25H23N3O5/c1-16-8-10-18(11-9-16)25(31)33-22-7-5-4-6-21(22)17(2)27-28-24(30)23(29)26-19-12-14-20(32-3)15-13-19/h4-15H,1-3H3,(H,26,29)(H,28,30)/b27-17+. The molecule has 0 heterocycles. The Bertz CT molecular complexity index is 1190. The molecule has 0 unspecified atom stereocenters. The van der Waals surface area contributed by atoms with Crippen molar-refractivity contribution < 1.29 is 23.9 Å². The molecule has 0 aliphatic carbocycles. The second kappa shape index (κ2) is 10.7. The maximum Gasteiger partial charge on any atom is 0.343 e. The van der Waals surface area contributed by atoms with Crippen molar-refractivity contribution >= 4 is 29.2 Å². The van der Waals surface area contributed by atoms with E-state index in [1.165, 1.54) is 7.11 Å². The van der Waals surface area contributed by atoms with Crippen LogP contribution in [0, 0.1) is 6.92 Å². The number of benzene rings is 3. The Kier molecular flexibility index (Phi) is 7.54. The minimum Gasteiger partial charge on any atom is -0.497 e. The Hall–Kier alpha value is -4.46. The van der Waals surface area contributed by atoms with Gasteiger partial charge >= 0.3 is 17.8 Å². The summed E-state index contributed by atoms with van der Waals surface area (Å²) in [5.41, 5.74) is 4.94. The van der Waals surface area contributed by atoms with Gasteiger partial charge in [-0.15, -0.1) is 0 Å². The third-order valence-electron chi connectivity index (χ3n) is 4.65. The lowest BCUT2D eigenvalue weighted by atomic mass is 10.1. The number of esters is 1. The number of methoxy groups -OCH3 is 1. The number of carbonyl (C=O) groups excluding carboxylic acids is 3. The predicted molar refractivity (Wildman–Crippen MR) is 125 cm³/mol. The lowest BCUT2D eigenvalue weighted by Crippen LogP contribution is -2.33. The number of carbonyl (C=O) groups is 3. The van der Waals surface area contributed by atoms with Gasteiger partial charge in [-0.1, -0.05) is 29.8 Å². The smallest absolute Gasteiger partial charge is 0.343 e. The summed E-state index contributed by atoms with van der Waals surface area (Å²) in [4.78, 5) is 36.7. The number of anilines is 1. The summed E-state index contributed by atoms with van der Waals surface area (Å²) < 4.78 is 10.6. The normalized spacial score (nSPS) is 10.8. The summed E-state index contributed by atoms with van der Waals surface area (Å²) in [7, 11) is 1.53. The van der Waals surface area contributed by atoms with Crippen LogP contribution < -0.4 is 20.2 Å². The van der Waals surface area contributed by atoms with E-state index in [1.807, 2.05) is 19.1 Å². The van der Waals surface area contributed by atoms with E-state index in [2.05, 4.69) is 15.8 Å². The van der Waals surface area contributed by atoms with Crippen molar-refractivity contribution in [2.75, 3.05) is 12.4 Å². The van der Waals surface area contributed by atoms with Crippen LogP contribution in [0.4, 0.5) is 5.69 Å². The highest BCUT2D eigenvalue weighted by Crippen LogP contribution is 2.20. The van der Waals surface area contributed by atoms with E-state index < -0.39 is 17.8 Å². The number of hydrogen-bond donors (Lipinski definition) is 2. The number of amides is 2. The van der Waals surface area contributed by atoms with Gasteiger partial charge in [0.1, 0.15) is 11.5 Å². The average Bonchev–Trinajstić information content (AvgIpc) is 2.83. The van der Waals surface area contributed by atoms with Crippen LogP contribution in [-0.2, 0) is 9.59 Å². The van der Waals surface area contributed by atoms with E-state index in [0.717, 1.165) is 5.56 Å². The van der Waals surface area contributed by atoms with Gasteiger partial charge in [-0.2, -0.15) is 5.10 Å². The van der Waals surface area contributed by atoms with Gasteiger partial charge in [0.25, 0.3) is 0 Å². The largest absolute Gasteiger partial charge is 0.497 e. The topological polar surface area (TPSA) is 106 Å². The molecule has 3 rings (SSSR count). The zero-order chi connectivity index (χ0) is 23.8. The first-order chi connectivity index (χ1) is 15.9. The van der Waals surface area contributed by atoms with Gasteiger partial charge in [-0.05, 0) is 62.4 Å². The van der Waals surface area contributed by atoms with Crippen LogP contribution in [0.15, 0.2) is 77.9 Å². The number of hydrogen-bond acceptors (Lipinski definition) is 6. The molecule has 0 aliphatic heterocycles. The molecule has 0 saturated carbocycles. The Morgan fingerprint density at radius 3 is 2.18 bits per heavy atom. The third-order valence-corrected chi connectivity index (χ3v) is 4.65. The molecule has 0 aromatic heterocycles. The quantitative estimate of drug-likeness (QED) is 0.198. The number of para-hydroxylation sites is 1. The summed E-state index contributed by atoms with van der Waals surface area (Å²) in [6.45, 7) is 3.55. The second-order valence-electron chi connectivity index (χ2n) is 7.07. The van der Waals surface area contributed by atoms with Crippen LogP contribution in [-0.4, -0.2) is 30.6 Å². The van der Waals surface area contributed by atoms with Crippen LogP contribution in [0.3, 0.4) is 0 Å². The average molecular weight is 445 g/mol. The van der Waals surface area contributed by atoms with Crippen LogP contribution >= 0.6 is 0 Å². The molecule has 8 nitrogen and oxygen atoms in total. The summed E-state index contributed by atoms with van der Waals surface area (Å²) in [5.74, 6) is -1.44. The lowest BCUT2D eigenvalue weighted by molar-refractivity contribution is -0.136. The van der Waals surface area contributed by atoms with E-state index in [4.69, 9.17) is 9.47 Å². The maximum atomic E-state index is 12.5. The molecule has 0 radical (unpaired) electrons. The van der Waals surface area contributed by atoms with E-state index in [-0.39, 0.29) is 5.75 Å². The fourth-order valence-corrected chi connectivity index (χ4v) is 2.81. The Labute approximate surface area is 191 Å². The summed E-state index contributed by atoms with van der Waals surface area (Å²) in [5, 5.41) is 6.45. The van der Waals surface area contributed by atoms with Gasteiger partial charge in [0.15, 0.2) is 0 Å². The number of nitrogens with zero attached hydrogens (tertiary/aromatic N) is 1. The van der Waals surface area contributed by atoms with Gasteiger partial charge in [0.05, 0.1) is 18.4 Å².